The molecule has 0 unspecified atom stereocenters. The molecule has 0 saturated carbocycles. The molecule has 2 atom stereocenters. The van der Waals surface area contributed by atoms with Gasteiger partial charge in [-0.05, 0) is 52.3 Å². The van der Waals surface area contributed by atoms with Crippen LogP contribution >= 0.6 is 0 Å². The van der Waals surface area contributed by atoms with Gasteiger partial charge in [0.2, 0.25) is 0 Å². The molecule has 3 aromatic rings. The van der Waals surface area contributed by atoms with Gasteiger partial charge in [-0.2, -0.15) is 0 Å². The van der Waals surface area contributed by atoms with Gasteiger partial charge in [-0.3, -0.25) is 9.36 Å². The molecule has 0 aliphatic carbocycles. The van der Waals surface area contributed by atoms with Gasteiger partial charge < -0.3 is 14.7 Å². The molecule has 6 nitrogen and oxygen atoms in total. The minimum atomic E-state index is -0.231. The summed E-state index contributed by atoms with van der Waals surface area (Å²) >= 11 is 0. The molecule has 0 radical (unpaired) electrons. The van der Waals surface area contributed by atoms with Crippen LogP contribution in [0.3, 0.4) is 0 Å². The SMILES string of the molecule is CC[C@@H](C)N1C(=O)c2ccccc2N[C@H]1c1cc(C)n(-c2cc(C)on2)c1C. The van der Waals surface area contributed by atoms with Crippen LogP contribution in [-0.4, -0.2) is 26.6 Å². The number of carbonyl (C=O) groups excluding carboxylic acids is 1. The fourth-order valence-corrected chi connectivity index (χ4v) is 4.02. The molecule has 3 heterocycles. The molecule has 1 amide bonds. The number of aryl methyl sites for hydroxylation is 2. The summed E-state index contributed by atoms with van der Waals surface area (Å²) in [4.78, 5) is 15.3. The van der Waals surface area contributed by atoms with Crippen molar-refractivity contribution < 1.29 is 9.32 Å². The van der Waals surface area contributed by atoms with Crippen LogP contribution in [0.4, 0.5) is 5.69 Å². The Balaban J connectivity index is 1.84. The van der Waals surface area contributed by atoms with Gasteiger partial charge in [0, 0.05) is 34.7 Å². The number of nitrogens with one attached hydrogen (secondary N) is 1. The van der Waals surface area contributed by atoms with Crippen LogP contribution in [-0.2, 0) is 0 Å². The van der Waals surface area contributed by atoms with Crippen molar-refractivity contribution in [1.82, 2.24) is 14.6 Å². The zero-order valence-electron chi connectivity index (χ0n) is 17.0. The molecule has 1 aromatic carbocycles. The van der Waals surface area contributed by atoms with E-state index in [2.05, 4.69) is 41.9 Å². The first kappa shape index (κ1) is 18.3. The van der Waals surface area contributed by atoms with Crippen molar-refractivity contribution >= 4 is 11.6 Å². The third kappa shape index (κ3) is 2.80. The second-order valence-corrected chi connectivity index (χ2v) is 7.52. The Kier molecular flexibility index (Phi) is 4.49. The highest BCUT2D eigenvalue weighted by atomic mass is 16.5. The van der Waals surface area contributed by atoms with E-state index in [0.29, 0.717) is 0 Å². The summed E-state index contributed by atoms with van der Waals surface area (Å²) in [7, 11) is 0. The van der Waals surface area contributed by atoms with E-state index in [1.807, 2.05) is 49.1 Å². The number of hydrogen-bond acceptors (Lipinski definition) is 4. The van der Waals surface area contributed by atoms with Gasteiger partial charge in [-0.25, -0.2) is 0 Å². The minimum absolute atomic E-state index is 0.0655. The van der Waals surface area contributed by atoms with E-state index in [-0.39, 0.29) is 18.1 Å². The van der Waals surface area contributed by atoms with Gasteiger partial charge in [0.05, 0.1) is 5.56 Å². The molecular weight excluding hydrogens is 352 g/mol. The summed E-state index contributed by atoms with van der Waals surface area (Å²) < 4.78 is 7.35. The third-order valence-corrected chi connectivity index (χ3v) is 5.64. The molecule has 1 aliphatic rings. The Morgan fingerprint density at radius 2 is 1.96 bits per heavy atom. The fourth-order valence-electron chi connectivity index (χ4n) is 4.02. The molecule has 0 bridgehead atoms. The van der Waals surface area contributed by atoms with Crippen molar-refractivity contribution in [2.45, 2.75) is 53.2 Å². The normalized spacial score (nSPS) is 17.4. The fraction of sp³-hybridized carbons (Fsp3) is 0.364. The molecule has 0 spiro atoms. The molecule has 0 saturated heterocycles. The van der Waals surface area contributed by atoms with Gasteiger partial charge in [-0.15, -0.1) is 0 Å². The first-order valence-corrected chi connectivity index (χ1v) is 9.73. The maximum atomic E-state index is 13.3. The average molecular weight is 378 g/mol. The lowest BCUT2D eigenvalue weighted by Gasteiger charge is -2.41. The zero-order valence-corrected chi connectivity index (χ0v) is 17.0. The van der Waals surface area contributed by atoms with Gasteiger partial charge in [0.25, 0.3) is 5.91 Å². The second kappa shape index (κ2) is 6.86. The van der Waals surface area contributed by atoms with Crippen LogP contribution in [0.5, 0.6) is 0 Å². The minimum Gasteiger partial charge on any atom is -0.361 e. The number of rotatable bonds is 4. The molecular formula is C22H26N4O2. The standard InChI is InChI=1S/C22H26N4O2/c1-6-13(2)26-21(23-19-10-8-7-9-17(19)22(26)27)18-11-14(3)25(16(18)5)20-12-15(4)28-24-20/h7-13,21,23H,6H2,1-5H3/t13-,21-/m1/s1. The molecule has 6 heteroatoms. The summed E-state index contributed by atoms with van der Waals surface area (Å²) in [6.45, 7) is 10.2. The molecule has 1 aliphatic heterocycles. The summed E-state index contributed by atoms with van der Waals surface area (Å²) in [5.41, 5.74) is 4.77. The maximum absolute atomic E-state index is 13.3. The first-order valence-electron chi connectivity index (χ1n) is 9.73. The van der Waals surface area contributed by atoms with Gasteiger partial charge in [-0.1, -0.05) is 24.2 Å². The smallest absolute Gasteiger partial charge is 0.258 e. The lowest BCUT2D eigenvalue weighted by molar-refractivity contribution is 0.0593. The van der Waals surface area contributed by atoms with E-state index < -0.39 is 0 Å². The Bertz CT molecular complexity index is 1030. The molecule has 146 valence electrons. The van der Waals surface area contributed by atoms with E-state index >= 15 is 0 Å². The van der Waals surface area contributed by atoms with Gasteiger partial charge in [0.15, 0.2) is 5.82 Å². The zero-order chi connectivity index (χ0) is 20.0. The van der Waals surface area contributed by atoms with Crippen LogP contribution in [0, 0.1) is 20.8 Å². The van der Waals surface area contributed by atoms with Crippen LogP contribution in [0.25, 0.3) is 5.82 Å². The number of para-hydroxylation sites is 1. The predicted molar refractivity (Wildman–Crippen MR) is 109 cm³/mol. The van der Waals surface area contributed by atoms with E-state index in [1.165, 1.54) is 0 Å². The average Bonchev–Trinajstić information content (AvgIpc) is 3.23. The number of hydrogen-bond donors (Lipinski definition) is 1. The van der Waals surface area contributed by atoms with Crippen molar-refractivity contribution in [3.63, 3.8) is 0 Å². The third-order valence-electron chi connectivity index (χ3n) is 5.64. The molecule has 1 N–H and O–H groups in total. The lowest BCUT2D eigenvalue weighted by Crippen LogP contribution is -2.47. The van der Waals surface area contributed by atoms with Crippen molar-refractivity contribution in [2.24, 2.45) is 0 Å². The number of nitrogens with zero attached hydrogens (tertiary/aromatic N) is 3. The Hall–Kier alpha value is -3.02. The number of aromatic nitrogens is 2. The number of fused-ring (bicyclic) bond motifs is 1. The quantitative estimate of drug-likeness (QED) is 0.711. The van der Waals surface area contributed by atoms with Gasteiger partial charge in [0.1, 0.15) is 11.9 Å². The summed E-state index contributed by atoms with van der Waals surface area (Å²) in [6.07, 6.45) is 0.651. The summed E-state index contributed by atoms with van der Waals surface area (Å²) in [5.74, 6) is 1.59. The number of benzene rings is 1. The number of amides is 1. The van der Waals surface area contributed by atoms with Crippen LogP contribution in [0.15, 0.2) is 40.9 Å². The van der Waals surface area contributed by atoms with Crippen LogP contribution in [0.2, 0.25) is 0 Å². The number of anilines is 1. The highest BCUT2D eigenvalue weighted by Crippen LogP contribution is 2.37. The van der Waals surface area contributed by atoms with E-state index in [0.717, 1.165) is 46.2 Å². The topological polar surface area (TPSA) is 63.3 Å². The van der Waals surface area contributed by atoms with Crippen molar-refractivity contribution in [2.75, 3.05) is 5.32 Å². The Morgan fingerprint density at radius 3 is 2.64 bits per heavy atom. The molecule has 28 heavy (non-hydrogen) atoms. The van der Waals surface area contributed by atoms with Gasteiger partial charge >= 0.3 is 0 Å². The van der Waals surface area contributed by atoms with Crippen molar-refractivity contribution in [1.29, 1.82) is 0 Å². The Labute approximate surface area is 165 Å². The molecule has 0 fully saturated rings. The maximum Gasteiger partial charge on any atom is 0.258 e. The van der Waals surface area contributed by atoms with E-state index in [1.54, 1.807) is 0 Å². The molecule has 2 aromatic heterocycles. The monoisotopic (exact) mass is 378 g/mol. The summed E-state index contributed by atoms with van der Waals surface area (Å²) in [5, 5.41) is 7.77. The van der Waals surface area contributed by atoms with Crippen molar-refractivity contribution in [3.8, 4) is 5.82 Å². The Morgan fingerprint density at radius 1 is 1.21 bits per heavy atom. The predicted octanol–water partition coefficient (Wildman–Crippen LogP) is 4.76. The van der Waals surface area contributed by atoms with Crippen LogP contribution < -0.4 is 5.32 Å². The number of carbonyl (C=O) groups is 1. The van der Waals surface area contributed by atoms with E-state index in [9.17, 15) is 4.79 Å². The lowest BCUT2D eigenvalue weighted by atomic mass is 10.0. The molecule has 4 rings (SSSR count). The highest BCUT2D eigenvalue weighted by Gasteiger charge is 2.37. The summed E-state index contributed by atoms with van der Waals surface area (Å²) in [6, 6.07) is 11.9. The first-order chi connectivity index (χ1) is 13.4. The van der Waals surface area contributed by atoms with E-state index in [4.69, 9.17) is 4.52 Å². The largest absolute Gasteiger partial charge is 0.361 e. The van der Waals surface area contributed by atoms with Crippen LogP contribution in [0.1, 0.15) is 59.5 Å². The second-order valence-electron chi connectivity index (χ2n) is 7.52. The highest BCUT2D eigenvalue weighted by molar-refractivity contribution is 6.01. The van der Waals surface area contributed by atoms with Crippen molar-refractivity contribution in [3.05, 3.63) is 64.7 Å².